The van der Waals surface area contributed by atoms with Crippen molar-refractivity contribution < 1.29 is 0 Å². The molecule has 1 aliphatic rings. The number of halogens is 1. The number of nitrogens with zero attached hydrogens (tertiary/aromatic N) is 3. The van der Waals surface area contributed by atoms with E-state index < -0.39 is 0 Å². The Morgan fingerprint density at radius 3 is 2.45 bits per heavy atom. The minimum atomic E-state index is 0.153. The van der Waals surface area contributed by atoms with Gasteiger partial charge >= 0.3 is 0 Å². The average Bonchev–Trinajstić information content (AvgIpc) is 3.35. The summed E-state index contributed by atoms with van der Waals surface area (Å²) in [6.07, 6.45) is 1.66. The molecule has 31 heavy (non-hydrogen) atoms. The predicted octanol–water partition coefficient (Wildman–Crippen LogP) is 2.47. The van der Waals surface area contributed by atoms with Crippen LogP contribution in [-0.2, 0) is 0 Å². The van der Waals surface area contributed by atoms with Gasteiger partial charge in [0, 0.05) is 50.8 Å². The van der Waals surface area contributed by atoms with E-state index in [1.807, 2.05) is 35.7 Å². The first-order valence-electron chi connectivity index (χ1n) is 10.4. The Labute approximate surface area is 192 Å². The molecular formula is C22H30ClN7S. The molecule has 0 amide bonds. The van der Waals surface area contributed by atoms with Crippen molar-refractivity contribution in [3.05, 3.63) is 68.9 Å². The van der Waals surface area contributed by atoms with Crippen LogP contribution in [0.3, 0.4) is 0 Å². The number of allylic oxidation sites excluding steroid dienone is 2. The fourth-order valence-corrected chi connectivity index (χ4v) is 4.36. The maximum absolute atomic E-state index is 8.67. The van der Waals surface area contributed by atoms with Gasteiger partial charge in [-0.25, -0.2) is 4.98 Å². The largest absolute Gasteiger partial charge is 0.397 e. The minimum Gasteiger partial charge on any atom is -0.397 e. The summed E-state index contributed by atoms with van der Waals surface area (Å²) >= 11 is 8.06. The van der Waals surface area contributed by atoms with E-state index in [1.165, 1.54) is 11.3 Å². The zero-order valence-corrected chi connectivity index (χ0v) is 19.3. The SMILES string of the molecule is CCN1CCN(CCN/C(N)=C(C(=N)c2nccs2)/C(Cl)=C(\N)c2ccccc2)CC1. The van der Waals surface area contributed by atoms with Crippen molar-refractivity contribution in [3.63, 3.8) is 0 Å². The van der Waals surface area contributed by atoms with E-state index in [2.05, 4.69) is 27.0 Å². The van der Waals surface area contributed by atoms with Crippen molar-refractivity contribution in [1.82, 2.24) is 20.1 Å². The maximum Gasteiger partial charge on any atom is 0.141 e. The van der Waals surface area contributed by atoms with E-state index in [0.717, 1.165) is 44.8 Å². The molecule has 0 saturated carbocycles. The standard InChI is InChI=1S/C22H30ClN7S/c1-2-29-11-13-30(14-12-29)10-8-27-21(26)17(20(25)22-28-9-15-31-22)18(23)19(24)16-6-4-3-5-7-16/h3-7,9,15,25,27H,2,8,10-14,24,26H2,1H3/b19-18+,21-17-,25-20?. The summed E-state index contributed by atoms with van der Waals surface area (Å²) in [5, 5.41) is 14.5. The van der Waals surface area contributed by atoms with Gasteiger partial charge in [0.1, 0.15) is 16.5 Å². The Balaban J connectivity index is 1.78. The Kier molecular flexibility index (Phi) is 8.48. The molecule has 0 atom stereocenters. The van der Waals surface area contributed by atoms with Crippen LogP contribution in [0, 0.1) is 5.41 Å². The van der Waals surface area contributed by atoms with Gasteiger partial charge in [-0.3, -0.25) is 10.3 Å². The Bertz CT molecular complexity index is 917. The number of thiazole rings is 1. The Morgan fingerprint density at radius 1 is 1.16 bits per heavy atom. The summed E-state index contributed by atoms with van der Waals surface area (Å²) in [5.74, 6) is 0.330. The van der Waals surface area contributed by atoms with E-state index in [4.69, 9.17) is 28.5 Å². The number of benzene rings is 1. The normalized spacial score (nSPS) is 17.1. The molecule has 1 fully saturated rings. The molecule has 3 rings (SSSR count). The second-order valence-electron chi connectivity index (χ2n) is 7.30. The molecule has 1 saturated heterocycles. The number of likely N-dealkylation sites (N-methyl/N-ethyl adjacent to an activating group) is 1. The lowest BCUT2D eigenvalue weighted by Gasteiger charge is -2.34. The summed E-state index contributed by atoms with van der Waals surface area (Å²) in [6, 6.07) is 9.45. The number of rotatable bonds is 9. The number of nitrogens with one attached hydrogen (secondary N) is 2. The lowest BCUT2D eigenvalue weighted by atomic mass is 10.1. The monoisotopic (exact) mass is 459 g/mol. The third kappa shape index (κ3) is 6.07. The van der Waals surface area contributed by atoms with Gasteiger partial charge in [-0.05, 0) is 12.1 Å². The Hall–Kier alpha value is -2.39. The Morgan fingerprint density at radius 2 is 1.84 bits per heavy atom. The van der Waals surface area contributed by atoms with Gasteiger partial charge in [0.25, 0.3) is 0 Å². The van der Waals surface area contributed by atoms with E-state index in [-0.39, 0.29) is 10.7 Å². The van der Waals surface area contributed by atoms with Gasteiger partial charge in [-0.15, -0.1) is 11.3 Å². The third-order valence-corrected chi connectivity index (χ3v) is 6.55. The van der Waals surface area contributed by atoms with Gasteiger partial charge < -0.3 is 21.7 Å². The maximum atomic E-state index is 8.67. The van der Waals surface area contributed by atoms with Crippen LogP contribution >= 0.6 is 22.9 Å². The zero-order chi connectivity index (χ0) is 22.2. The highest BCUT2D eigenvalue weighted by Crippen LogP contribution is 2.27. The van der Waals surface area contributed by atoms with Crippen molar-refractivity contribution in [3.8, 4) is 0 Å². The van der Waals surface area contributed by atoms with Crippen LogP contribution in [0.2, 0.25) is 0 Å². The van der Waals surface area contributed by atoms with E-state index in [9.17, 15) is 0 Å². The molecule has 2 aromatic rings. The molecule has 0 spiro atoms. The van der Waals surface area contributed by atoms with Crippen molar-refractivity contribution in [2.45, 2.75) is 6.92 Å². The van der Waals surface area contributed by atoms with Gasteiger partial charge in [0.05, 0.1) is 16.3 Å². The topological polar surface area (TPSA) is 107 Å². The smallest absolute Gasteiger partial charge is 0.141 e. The molecule has 6 N–H and O–H groups in total. The molecule has 0 bridgehead atoms. The third-order valence-electron chi connectivity index (χ3n) is 5.36. The fraction of sp³-hybridized carbons (Fsp3) is 0.364. The average molecular weight is 460 g/mol. The van der Waals surface area contributed by atoms with Gasteiger partial charge in [-0.1, -0.05) is 48.9 Å². The van der Waals surface area contributed by atoms with Crippen LogP contribution in [0.15, 0.2) is 58.3 Å². The number of hydrogen-bond acceptors (Lipinski definition) is 8. The second kappa shape index (κ2) is 11.3. The lowest BCUT2D eigenvalue weighted by Crippen LogP contribution is -2.48. The molecule has 9 heteroatoms. The van der Waals surface area contributed by atoms with E-state index in [0.29, 0.717) is 28.6 Å². The van der Waals surface area contributed by atoms with Crippen LogP contribution in [0.5, 0.6) is 0 Å². The molecule has 1 aromatic carbocycles. The van der Waals surface area contributed by atoms with Gasteiger partial charge in [0.2, 0.25) is 0 Å². The van der Waals surface area contributed by atoms with Crippen LogP contribution in [0.25, 0.3) is 5.70 Å². The molecule has 7 nitrogen and oxygen atoms in total. The highest BCUT2D eigenvalue weighted by Gasteiger charge is 2.21. The molecule has 0 unspecified atom stereocenters. The molecule has 1 aromatic heterocycles. The van der Waals surface area contributed by atoms with Crippen molar-refractivity contribution in [1.29, 1.82) is 5.41 Å². The highest BCUT2D eigenvalue weighted by molar-refractivity contribution is 7.11. The highest BCUT2D eigenvalue weighted by atomic mass is 35.5. The zero-order valence-electron chi connectivity index (χ0n) is 17.8. The van der Waals surface area contributed by atoms with Crippen LogP contribution in [-0.4, -0.2) is 66.3 Å². The van der Waals surface area contributed by atoms with Gasteiger partial charge in [-0.2, -0.15) is 0 Å². The molecule has 1 aliphatic heterocycles. The second-order valence-corrected chi connectivity index (χ2v) is 8.57. The molecule has 2 heterocycles. The fourth-order valence-electron chi connectivity index (χ4n) is 3.46. The quantitative estimate of drug-likeness (QED) is 0.339. The van der Waals surface area contributed by atoms with E-state index in [1.54, 1.807) is 6.20 Å². The van der Waals surface area contributed by atoms with Crippen LogP contribution < -0.4 is 16.8 Å². The number of piperazine rings is 1. The summed E-state index contributed by atoms with van der Waals surface area (Å²) in [6.45, 7) is 9.07. The first-order chi connectivity index (χ1) is 15.0. The van der Waals surface area contributed by atoms with Crippen molar-refractivity contribution in [2.24, 2.45) is 11.5 Å². The molecule has 0 aliphatic carbocycles. The van der Waals surface area contributed by atoms with Crippen molar-refractivity contribution >= 4 is 34.3 Å². The van der Waals surface area contributed by atoms with Gasteiger partial charge in [0.15, 0.2) is 0 Å². The van der Waals surface area contributed by atoms with Crippen LogP contribution in [0.1, 0.15) is 17.5 Å². The first-order valence-corrected chi connectivity index (χ1v) is 11.6. The van der Waals surface area contributed by atoms with E-state index >= 15 is 0 Å². The number of nitrogens with two attached hydrogens (primary N) is 2. The minimum absolute atomic E-state index is 0.153. The summed E-state index contributed by atoms with van der Waals surface area (Å²) in [7, 11) is 0. The molecular weight excluding hydrogens is 430 g/mol. The summed E-state index contributed by atoms with van der Waals surface area (Å²) in [5.41, 5.74) is 14.4. The van der Waals surface area contributed by atoms with Crippen molar-refractivity contribution in [2.75, 3.05) is 45.8 Å². The first kappa shape index (κ1) is 23.3. The predicted molar refractivity (Wildman–Crippen MR) is 130 cm³/mol. The lowest BCUT2D eigenvalue weighted by molar-refractivity contribution is 0.138. The summed E-state index contributed by atoms with van der Waals surface area (Å²) < 4.78 is 0. The molecule has 166 valence electrons. The molecule has 0 radical (unpaired) electrons. The summed E-state index contributed by atoms with van der Waals surface area (Å²) in [4.78, 5) is 9.10. The number of hydrogen-bond donors (Lipinski definition) is 4. The number of aromatic nitrogens is 1. The van der Waals surface area contributed by atoms with Crippen LogP contribution in [0.4, 0.5) is 0 Å².